The Bertz CT molecular complexity index is 1200. The van der Waals surface area contributed by atoms with Crippen LogP contribution in [0.5, 0.6) is 23.0 Å². The van der Waals surface area contributed by atoms with Crippen molar-refractivity contribution in [3.05, 3.63) is 76.5 Å². The summed E-state index contributed by atoms with van der Waals surface area (Å²) in [6, 6.07) is 10.5. The van der Waals surface area contributed by atoms with Gasteiger partial charge in [0.1, 0.15) is 20.4 Å². The van der Waals surface area contributed by atoms with Crippen LogP contribution in [0.1, 0.15) is 27.0 Å². The van der Waals surface area contributed by atoms with E-state index in [1.54, 1.807) is 24.3 Å². The molecule has 5 rings (SSSR count). The van der Waals surface area contributed by atoms with Crippen molar-refractivity contribution in [3.8, 4) is 23.0 Å². The van der Waals surface area contributed by atoms with Gasteiger partial charge in [-0.15, -0.1) is 0 Å². The van der Waals surface area contributed by atoms with Crippen molar-refractivity contribution in [3.63, 3.8) is 0 Å². The maximum absolute atomic E-state index is 12.8. The van der Waals surface area contributed by atoms with Crippen LogP contribution in [0.3, 0.4) is 0 Å². The topological polar surface area (TPSA) is 76.0 Å². The summed E-state index contributed by atoms with van der Waals surface area (Å²) in [5.41, 5.74) is 0.819. The van der Waals surface area contributed by atoms with Gasteiger partial charge in [0.2, 0.25) is 0 Å². The minimum Gasteiger partial charge on any atom is -0.505 e. The molecule has 0 amide bonds. The molecule has 3 aromatic rings. The molecule has 2 radical (unpaired) electrons. The van der Waals surface area contributed by atoms with E-state index in [9.17, 15) is 15.0 Å². The second-order valence-electron chi connectivity index (χ2n) is 6.51. The Labute approximate surface area is 296 Å². The molecule has 11 heteroatoms. The average molecular weight is 726 g/mol. The van der Waals surface area contributed by atoms with Gasteiger partial charge in [-0.1, -0.05) is 18.2 Å². The number of hydrogen-bond donors (Lipinski definition) is 2. The predicted molar refractivity (Wildman–Crippen MR) is 130 cm³/mol. The standard InChI is InChI=1S/C20H8Br4O5.2K/c21-11-5-9-17(13(23)15(11)25)28-18-10(6-12(22)16(26)14(18)24)20(9)8-4-2-1-3-7(8)19(27)29-20;;/h1-6,25-26H;;. The normalized spacial score (nSPS) is 14.4. The van der Waals surface area contributed by atoms with Crippen LogP contribution >= 0.6 is 63.7 Å². The van der Waals surface area contributed by atoms with Gasteiger partial charge in [-0.05, 0) is 81.9 Å². The predicted octanol–water partition coefficient (Wildman–Crippen LogP) is 5.95. The zero-order valence-corrected chi connectivity index (χ0v) is 28.7. The zero-order chi connectivity index (χ0) is 20.7. The molecule has 148 valence electrons. The number of esters is 1. The number of benzene rings is 3. The molecule has 0 atom stereocenters. The smallest absolute Gasteiger partial charge is 0.340 e. The van der Waals surface area contributed by atoms with E-state index < -0.39 is 11.6 Å². The van der Waals surface area contributed by atoms with Crippen LogP contribution in [0.4, 0.5) is 0 Å². The van der Waals surface area contributed by atoms with Crippen LogP contribution in [0.25, 0.3) is 0 Å². The Kier molecular flexibility index (Phi) is 8.81. The summed E-state index contributed by atoms with van der Waals surface area (Å²) in [7, 11) is 0. The molecule has 31 heavy (non-hydrogen) atoms. The third-order valence-corrected chi connectivity index (χ3v) is 7.71. The summed E-state index contributed by atoms with van der Waals surface area (Å²) in [6.45, 7) is 0. The molecule has 2 aliphatic rings. The zero-order valence-electron chi connectivity index (χ0n) is 16.1. The number of phenols is 2. The van der Waals surface area contributed by atoms with Crippen LogP contribution in [0, 0.1) is 0 Å². The van der Waals surface area contributed by atoms with Crippen LogP contribution in [0.15, 0.2) is 54.3 Å². The Hall–Kier alpha value is 1.72. The fourth-order valence-electron chi connectivity index (χ4n) is 3.77. The third-order valence-electron chi connectivity index (χ3n) is 5.03. The van der Waals surface area contributed by atoms with Crippen molar-refractivity contribution >= 4 is 172 Å². The van der Waals surface area contributed by atoms with E-state index >= 15 is 0 Å². The van der Waals surface area contributed by atoms with E-state index in [0.717, 1.165) is 0 Å². The monoisotopic (exact) mass is 722 g/mol. The minimum atomic E-state index is -1.33. The largest absolute Gasteiger partial charge is 0.505 e. The van der Waals surface area contributed by atoms with Gasteiger partial charge in [-0.25, -0.2) is 4.79 Å². The first-order chi connectivity index (χ1) is 13.8. The molecule has 0 fully saturated rings. The number of aromatic hydroxyl groups is 2. The molecule has 2 aliphatic heterocycles. The molecule has 0 unspecified atom stereocenters. The molecule has 0 saturated heterocycles. The van der Waals surface area contributed by atoms with Gasteiger partial charge in [0.25, 0.3) is 0 Å². The Morgan fingerprint density at radius 3 is 1.77 bits per heavy atom. The second kappa shape index (κ2) is 10.00. The van der Waals surface area contributed by atoms with Crippen molar-refractivity contribution in [1.82, 2.24) is 0 Å². The first-order valence-corrected chi connectivity index (χ1v) is 11.4. The van der Waals surface area contributed by atoms with Gasteiger partial charge in [0, 0.05) is 108 Å². The number of carbonyl (C=O) groups excluding carboxylic acids is 1. The van der Waals surface area contributed by atoms with E-state index in [1.807, 2.05) is 12.1 Å². The van der Waals surface area contributed by atoms with E-state index in [-0.39, 0.29) is 126 Å². The van der Waals surface area contributed by atoms with Gasteiger partial charge < -0.3 is 19.7 Å². The molecular formula is C20H8Br4K2O5. The summed E-state index contributed by atoms with van der Waals surface area (Å²) in [5, 5.41) is 20.8. The molecule has 0 bridgehead atoms. The maximum atomic E-state index is 12.8. The second-order valence-corrected chi connectivity index (χ2v) is 9.81. The SMILES string of the molecule is O=C1OC2(c3ccccc31)c1cc(Br)c(O)c(Br)c1Oc1c2cc(Br)c(O)c1Br.[K].[K]. The van der Waals surface area contributed by atoms with Crippen LogP contribution in [0.2, 0.25) is 0 Å². The Morgan fingerprint density at radius 1 is 0.774 bits per heavy atom. The quantitative estimate of drug-likeness (QED) is 0.221. The molecular weight excluding hydrogens is 718 g/mol. The fourth-order valence-corrected chi connectivity index (χ4v) is 6.17. The van der Waals surface area contributed by atoms with Crippen molar-refractivity contribution in [2.45, 2.75) is 5.60 Å². The molecule has 0 aromatic heterocycles. The number of carbonyl (C=O) groups is 1. The van der Waals surface area contributed by atoms with Gasteiger partial charge >= 0.3 is 5.97 Å². The first kappa shape index (κ1) is 27.3. The van der Waals surface area contributed by atoms with E-state index in [0.29, 0.717) is 40.1 Å². The number of fused-ring (bicyclic) bond motifs is 6. The van der Waals surface area contributed by atoms with Crippen molar-refractivity contribution in [1.29, 1.82) is 0 Å². The van der Waals surface area contributed by atoms with Crippen molar-refractivity contribution in [2.24, 2.45) is 0 Å². The van der Waals surface area contributed by atoms with Crippen LogP contribution in [-0.2, 0) is 10.3 Å². The molecule has 2 N–H and O–H groups in total. The van der Waals surface area contributed by atoms with Gasteiger partial charge in [0.05, 0.1) is 25.6 Å². The molecule has 0 saturated carbocycles. The minimum absolute atomic E-state index is 0. The number of ether oxygens (including phenoxy) is 2. The molecule has 5 nitrogen and oxygen atoms in total. The van der Waals surface area contributed by atoms with Gasteiger partial charge in [-0.3, -0.25) is 0 Å². The van der Waals surface area contributed by atoms with E-state index in [2.05, 4.69) is 63.7 Å². The maximum Gasteiger partial charge on any atom is 0.340 e. The first-order valence-electron chi connectivity index (χ1n) is 8.21. The Morgan fingerprint density at radius 2 is 1.26 bits per heavy atom. The molecule has 2 heterocycles. The summed E-state index contributed by atoms with van der Waals surface area (Å²) < 4.78 is 13.6. The third kappa shape index (κ3) is 4.00. The van der Waals surface area contributed by atoms with Crippen molar-refractivity contribution < 1.29 is 24.5 Å². The van der Waals surface area contributed by atoms with E-state index in [4.69, 9.17) is 9.47 Å². The summed E-state index contributed by atoms with van der Waals surface area (Å²) in [5.74, 6) is -0.0230. The van der Waals surface area contributed by atoms with Gasteiger partial charge in [0.15, 0.2) is 17.1 Å². The van der Waals surface area contributed by atoms with E-state index in [1.165, 1.54) is 0 Å². The molecule has 1 spiro atoms. The number of halogens is 4. The average Bonchev–Trinajstić information content (AvgIpc) is 3.00. The van der Waals surface area contributed by atoms with Crippen LogP contribution < -0.4 is 4.74 Å². The molecule has 3 aromatic carbocycles. The molecule has 0 aliphatic carbocycles. The number of phenolic OH excluding ortho intramolecular Hbond substituents is 2. The summed E-state index contributed by atoms with van der Waals surface area (Å²) in [6.07, 6.45) is 0. The van der Waals surface area contributed by atoms with Crippen LogP contribution in [-0.4, -0.2) is 119 Å². The van der Waals surface area contributed by atoms with Gasteiger partial charge in [-0.2, -0.15) is 0 Å². The number of hydrogen-bond acceptors (Lipinski definition) is 5. The number of rotatable bonds is 0. The summed E-state index contributed by atoms with van der Waals surface area (Å²) >= 11 is 13.5. The summed E-state index contributed by atoms with van der Waals surface area (Å²) in [4.78, 5) is 12.8. The fraction of sp³-hybridized carbons (Fsp3) is 0.0500. The Balaban J connectivity index is 0.00000136. The van der Waals surface area contributed by atoms with Crippen molar-refractivity contribution in [2.75, 3.05) is 0 Å².